The van der Waals surface area contributed by atoms with Gasteiger partial charge in [0.15, 0.2) is 0 Å². The molecule has 7 nitrogen and oxygen atoms in total. The highest BCUT2D eigenvalue weighted by Gasteiger charge is 2.08. The summed E-state index contributed by atoms with van der Waals surface area (Å²) in [6.45, 7) is 1.93. The molecule has 0 radical (unpaired) electrons. The fourth-order valence-corrected chi connectivity index (χ4v) is 1.72. The van der Waals surface area contributed by atoms with Crippen molar-refractivity contribution in [2.45, 2.75) is 13.3 Å². The molecule has 0 unspecified atom stereocenters. The molecule has 0 spiro atoms. The molecule has 0 saturated heterocycles. The van der Waals surface area contributed by atoms with Crippen molar-refractivity contribution >= 4 is 23.7 Å². The minimum atomic E-state index is -0.571. The van der Waals surface area contributed by atoms with Gasteiger partial charge in [0.05, 0.1) is 25.1 Å². The molecule has 0 fully saturated rings. The Labute approximate surface area is 133 Å². The van der Waals surface area contributed by atoms with E-state index in [0.29, 0.717) is 11.1 Å². The molecule has 0 atom stereocenters. The Kier molecular flexibility index (Phi) is 7.19. The maximum Gasteiger partial charge on any atom is 0.330 e. The quantitative estimate of drug-likeness (QED) is 0.252. The van der Waals surface area contributed by atoms with Crippen molar-refractivity contribution in [3.8, 4) is 0 Å². The third-order valence-corrected chi connectivity index (χ3v) is 2.72. The maximum absolute atomic E-state index is 11.6. The Bertz CT molecular complexity index is 648. The Morgan fingerprint density at radius 2 is 2.04 bits per heavy atom. The summed E-state index contributed by atoms with van der Waals surface area (Å²) in [7, 11) is 1.24. The fraction of sp³-hybridized carbons (Fsp3) is 0.250. The van der Waals surface area contributed by atoms with Crippen LogP contribution in [0, 0.1) is 10.1 Å². The van der Waals surface area contributed by atoms with Crippen LogP contribution >= 0.6 is 0 Å². The number of benzene rings is 1. The van der Waals surface area contributed by atoms with Crippen molar-refractivity contribution < 1.29 is 24.0 Å². The van der Waals surface area contributed by atoms with Gasteiger partial charge in [0.1, 0.15) is 0 Å². The van der Waals surface area contributed by atoms with Crippen LogP contribution in [0.3, 0.4) is 0 Å². The number of esters is 2. The lowest BCUT2D eigenvalue weighted by Gasteiger charge is -2.04. The lowest BCUT2D eigenvalue weighted by molar-refractivity contribution is -0.384. The van der Waals surface area contributed by atoms with E-state index in [9.17, 15) is 19.7 Å². The average molecular weight is 319 g/mol. The maximum atomic E-state index is 11.6. The zero-order valence-electron chi connectivity index (χ0n) is 12.9. The van der Waals surface area contributed by atoms with Crippen LogP contribution in [0.25, 0.3) is 6.08 Å². The number of nitro benzene ring substituents is 1. The third-order valence-electron chi connectivity index (χ3n) is 2.72. The van der Waals surface area contributed by atoms with Crippen LogP contribution in [0.2, 0.25) is 0 Å². The first kappa shape index (κ1) is 18.1. The van der Waals surface area contributed by atoms with E-state index in [1.165, 1.54) is 37.5 Å². The van der Waals surface area contributed by atoms with Gasteiger partial charge in [-0.25, -0.2) is 4.79 Å². The number of non-ortho nitro benzene ring substituents is 1. The van der Waals surface area contributed by atoms with Gasteiger partial charge in [0.25, 0.3) is 5.69 Å². The molecule has 23 heavy (non-hydrogen) atoms. The molecule has 0 amide bonds. The summed E-state index contributed by atoms with van der Waals surface area (Å²) in [5, 5.41) is 10.8. The van der Waals surface area contributed by atoms with Crippen LogP contribution in [0.15, 0.2) is 42.0 Å². The predicted molar refractivity (Wildman–Crippen MR) is 83.5 cm³/mol. The van der Waals surface area contributed by atoms with Crippen LogP contribution in [-0.4, -0.2) is 30.6 Å². The number of hydrogen-bond donors (Lipinski definition) is 0. The Hall–Kier alpha value is -2.96. The number of nitro groups is 1. The highest BCUT2D eigenvalue weighted by molar-refractivity contribution is 5.84. The molecule has 0 bridgehead atoms. The van der Waals surface area contributed by atoms with Crippen LogP contribution in [0.5, 0.6) is 0 Å². The molecule has 0 aromatic heterocycles. The first-order valence-electron chi connectivity index (χ1n) is 6.83. The van der Waals surface area contributed by atoms with Crippen LogP contribution < -0.4 is 0 Å². The van der Waals surface area contributed by atoms with Gasteiger partial charge in [-0.05, 0) is 18.1 Å². The number of carbonyl (C=O) groups is 2. The molecular weight excluding hydrogens is 302 g/mol. The topological polar surface area (TPSA) is 95.7 Å². The van der Waals surface area contributed by atoms with E-state index in [1.54, 1.807) is 19.1 Å². The zero-order chi connectivity index (χ0) is 17.2. The molecule has 0 N–H and O–H groups in total. The van der Waals surface area contributed by atoms with Crippen molar-refractivity contribution in [1.29, 1.82) is 0 Å². The van der Waals surface area contributed by atoms with Gasteiger partial charge in [-0.1, -0.05) is 24.3 Å². The SMILES string of the molecule is CCOC(=O)CC(/C=C/C(=O)OC)=C\c1cccc([N+](=O)[O-])c1. The fourth-order valence-electron chi connectivity index (χ4n) is 1.72. The van der Waals surface area contributed by atoms with Crippen LogP contribution in [-0.2, 0) is 19.1 Å². The molecule has 0 aliphatic carbocycles. The molecule has 0 aliphatic rings. The van der Waals surface area contributed by atoms with Gasteiger partial charge >= 0.3 is 11.9 Å². The molecule has 0 aliphatic heterocycles. The first-order chi connectivity index (χ1) is 11.0. The van der Waals surface area contributed by atoms with E-state index < -0.39 is 16.9 Å². The van der Waals surface area contributed by atoms with Crippen LogP contribution in [0.4, 0.5) is 5.69 Å². The largest absolute Gasteiger partial charge is 0.466 e. The Morgan fingerprint density at radius 3 is 2.65 bits per heavy atom. The van der Waals surface area contributed by atoms with Crippen molar-refractivity contribution in [3.63, 3.8) is 0 Å². The first-order valence-corrected chi connectivity index (χ1v) is 6.83. The minimum absolute atomic E-state index is 0.0637. The highest BCUT2D eigenvalue weighted by Crippen LogP contribution is 2.18. The summed E-state index contributed by atoms with van der Waals surface area (Å²) >= 11 is 0. The molecule has 0 heterocycles. The second-order valence-electron chi connectivity index (χ2n) is 4.41. The van der Waals surface area contributed by atoms with E-state index >= 15 is 0 Å². The van der Waals surface area contributed by atoms with E-state index in [-0.39, 0.29) is 18.7 Å². The van der Waals surface area contributed by atoms with Gasteiger partial charge in [0, 0.05) is 18.2 Å². The molecule has 0 saturated carbocycles. The summed E-state index contributed by atoms with van der Waals surface area (Å²) in [5.41, 5.74) is 0.938. The molecular formula is C16H17NO6. The number of rotatable bonds is 7. The van der Waals surface area contributed by atoms with Gasteiger partial charge in [-0.2, -0.15) is 0 Å². The van der Waals surface area contributed by atoms with Gasteiger partial charge in [0.2, 0.25) is 0 Å². The molecule has 7 heteroatoms. The minimum Gasteiger partial charge on any atom is -0.466 e. The molecule has 1 aromatic rings. The monoisotopic (exact) mass is 319 g/mol. The van der Waals surface area contributed by atoms with E-state index in [2.05, 4.69) is 4.74 Å². The second-order valence-corrected chi connectivity index (χ2v) is 4.41. The van der Waals surface area contributed by atoms with Crippen LogP contribution in [0.1, 0.15) is 18.9 Å². The van der Waals surface area contributed by atoms with Gasteiger partial charge in [-0.15, -0.1) is 0 Å². The van der Waals surface area contributed by atoms with E-state index in [4.69, 9.17) is 4.74 Å². The summed E-state index contributed by atoms with van der Waals surface area (Å²) < 4.78 is 9.36. The normalized spacial score (nSPS) is 11.3. The molecule has 1 rings (SSSR count). The number of carbonyl (C=O) groups excluding carboxylic acids is 2. The second kappa shape index (κ2) is 9.14. The molecule has 122 valence electrons. The number of methoxy groups -OCH3 is 1. The van der Waals surface area contributed by atoms with Crippen molar-refractivity contribution in [3.05, 3.63) is 57.7 Å². The Balaban J connectivity index is 3.08. The van der Waals surface area contributed by atoms with E-state index in [0.717, 1.165) is 0 Å². The lowest BCUT2D eigenvalue weighted by Crippen LogP contribution is -2.04. The number of ether oxygens (including phenoxy) is 2. The van der Waals surface area contributed by atoms with Crippen molar-refractivity contribution in [1.82, 2.24) is 0 Å². The molecule has 1 aromatic carbocycles. The summed E-state index contributed by atoms with van der Waals surface area (Å²) in [6.07, 6.45) is 4.09. The summed E-state index contributed by atoms with van der Waals surface area (Å²) in [6, 6.07) is 5.93. The van der Waals surface area contributed by atoms with Crippen molar-refractivity contribution in [2.75, 3.05) is 13.7 Å². The number of nitrogens with zero attached hydrogens (tertiary/aromatic N) is 1. The third kappa shape index (κ3) is 6.56. The highest BCUT2D eigenvalue weighted by atomic mass is 16.6. The zero-order valence-corrected chi connectivity index (χ0v) is 12.9. The van der Waals surface area contributed by atoms with E-state index in [1.807, 2.05) is 0 Å². The van der Waals surface area contributed by atoms with Gasteiger partial charge in [-0.3, -0.25) is 14.9 Å². The number of hydrogen-bond acceptors (Lipinski definition) is 6. The summed E-state index contributed by atoms with van der Waals surface area (Å²) in [5.74, 6) is -1.03. The lowest BCUT2D eigenvalue weighted by atomic mass is 10.1. The van der Waals surface area contributed by atoms with Crippen molar-refractivity contribution in [2.24, 2.45) is 0 Å². The summed E-state index contributed by atoms with van der Waals surface area (Å²) in [4.78, 5) is 33.1. The Morgan fingerprint density at radius 1 is 1.30 bits per heavy atom. The predicted octanol–water partition coefficient (Wildman–Crippen LogP) is 2.66. The van der Waals surface area contributed by atoms with Gasteiger partial charge < -0.3 is 9.47 Å². The smallest absolute Gasteiger partial charge is 0.330 e. The standard InChI is InChI=1S/C16H17NO6/c1-3-23-16(19)11-13(7-8-15(18)22-2)9-12-5-4-6-14(10-12)17(20)21/h4-10H,3,11H2,1-2H3/b8-7+,13-9-. The average Bonchev–Trinajstić information content (AvgIpc) is 2.52. The number of allylic oxidation sites excluding steroid dienone is 1.